The number of aryl methyl sites for hydroxylation is 2. The second kappa shape index (κ2) is 7.76. The molecule has 2 rings (SSSR count). The molecule has 1 aliphatic carbocycles. The van der Waals surface area contributed by atoms with Crippen LogP contribution in [0.3, 0.4) is 0 Å². The zero-order valence-corrected chi connectivity index (χ0v) is 14.4. The molecule has 1 aliphatic rings. The van der Waals surface area contributed by atoms with Crippen molar-refractivity contribution < 1.29 is 23.1 Å². The number of carbonyl (C=O) groups excluding carboxylic acids is 1. The Balaban J connectivity index is 1.92. The number of benzene rings is 1. The molecule has 3 N–H and O–H groups in total. The molecule has 0 fully saturated rings. The maximum atomic E-state index is 12.3. The van der Waals surface area contributed by atoms with E-state index in [1.807, 2.05) is 6.07 Å². The van der Waals surface area contributed by atoms with E-state index in [9.17, 15) is 18.0 Å². The van der Waals surface area contributed by atoms with E-state index in [4.69, 9.17) is 5.11 Å². The van der Waals surface area contributed by atoms with Crippen molar-refractivity contribution in [1.29, 1.82) is 0 Å². The van der Waals surface area contributed by atoms with Crippen LogP contribution in [0.1, 0.15) is 37.3 Å². The van der Waals surface area contributed by atoms with Crippen LogP contribution < -0.4 is 10.0 Å². The van der Waals surface area contributed by atoms with Gasteiger partial charge in [-0.2, -0.15) is 0 Å². The lowest BCUT2D eigenvalue weighted by atomic mass is 9.92. The molecular weight excluding hydrogens is 332 g/mol. The van der Waals surface area contributed by atoms with Gasteiger partial charge in [-0.05, 0) is 55.9 Å². The van der Waals surface area contributed by atoms with Crippen LogP contribution in [-0.4, -0.2) is 38.0 Å². The molecule has 1 unspecified atom stereocenters. The third-order valence-corrected chi connectivity index (χ3v) is 5.48. The number of nitrogens with one attached hydrogen (secondary N) is 2. The molecule has 0 bridgehead atoms. The monoisotopic (exact) mass is 354 g/mol. The Hall–Kier alpha value is -1.93. The van der Waals surface area contributed by atoms with Crippen LogP contribution in [-0.2, 0) is 32.5 Å². The molecule has 0 saturated heterocycles. The average Bonchev–Trinajstić information content (AvgIpc) is 2.54. The molecule has 0 radical (unpaired) electrons. The van der Waals surface area contributed by atoms with Crippen molar-refractivity contribution in [2.75, 3.05) is 6.54 Å². The van der Waals surface area contributed by atoms with E-state index in [0.717, 1.165) is 31.2 Å². The third kappa shape index (κ3) is 4.78. The number of fused-ring (bicyclic) bond motifs is 1. The molecule has 0 spiro atoms. The minimum Gasteiger partial charge on any atom is -0.480 e. The van der Waals surface area contributed by atoms with E-state index in [2.05, 4.69) is 10.0 Å². The Morgan fingerprint density at radius 3 is 2.54 bits per heavy atom. The number of hydrogen-bond donors (Lipinski definition) is 3. The summed E-state index contributed by atoms with van der Waals surface area (Å²) >= 11 is 0. The fourth-order valence-electron chi connectivity index (χ4n) is 2.63. The number of hydrogen-bond acceptors (Lipinski definition) is 4. The smallest absolute Gasteiger partial charge is 0.325 e. The first-order valence-electron chi connectivity index (χ1n) is 7.93. The Morgan fingerprint density at radius 1 is 1.21 bits per heavy atom. The van der Waals surface area contributed by atoms with Crippen LogP contribution in [0, 0.1) is 0 Å². The molecule has 24 heavy (non-hydrogen) atoms. The molecule has 1 amide bonds. The summed E-state index contributed by atoms with van der Waals surface area (Å²) < 4.78 is 27.0. The van der Waals surface area contributed by atoms with Gasteiger partial charge in [-0.1, -0.05) is 6.07 Å². The van der Waals surface area contributed by atoms with E-state index in [0.29, 0.717) is 0 Å². The molecule has 1 aromatic rings. The van der Waals surface area contributed by atoms with Crippen LogP contribution >= 0.6 is 0 Å². The maximum absolute atomic E-state index is 12.3. The number of carboxylic acids is 1. The molecule has 1 aromatic carbocycles. The molecule has 0 saturated carbocycles. The van der Waals surface area contributed by atoms with Crippen molar-refractivity contribution in [3.05, 3.63) is 29.3 Å². The van der Waals surface area contributed by atoms with Gasteiger partial charge in [0.2, 0.25) is 15.9 Å². The predicted molar refractivity (Wildman–Crippen MR) is 88.1 cm³/mol. The highest BCUT2D eigenvalue weighted by molar-refractivity contribution is 7.89. The van der Waals surface area contributed by atoms with Gasteiger partial charge in [-0.25, -0.2) is 13.1 Å². The van der Waals surface area contributed by atoms with Gasteiger partial charge in [0.25, 0.3) is 0 Å². The summed E-state index contributed by atoms with van der Waals surface area (Å²) in [6.07, 6.45) is 3.92. The van der Waals surface area contributed by atoms with Crippen molar-refractivity contribution in [2.24, 2.45) is 0 Å². The van der Waals surface area contributed by atoms with Gasteiger partial charge in [0.1, 0.15) is 6.04 Å². The molecule has 7 nitrogen and oxygen atoms in total. The van der Waals surface area contributed by atoms with E-state index in [1.54, 1.807) is 12.1 Å². The zero-order chi connectivity index (χ0) is 17.7. The third-order valence-electron chi connectivity index (χ3n) is 4.02. The maximum Gasteiger partial charge on any atom is 0.325 e. The highest BCUT2D eigenvalue weighted by Gasteiger charge is 2.18. The molecule has 1 atom stereocenters. The van der Waals surface area contributed by atoms with Gasteiger partial charge >= 0.3 is 5.97 Å². The minimum atomic E-state index is -3.68. The van der Waals surface area contributed by atoms with E-state index >= 15 is 0 Å². The molecule has 8 heteroatoms. The van der Waals surface area contributed by atoms with Crippen molar-refractivity contribution in [3.8, 4) is 0 Å². The number of amides is 1. The summed E-state index contributed by atoms with van der Waals surface area (Å²) in [5.74, 6) is -1.66. The molecule has 0 heterocycles. The standard InChI is InChI=1S/C16H22N2O5S/c1-11(16(20)21)18-15(19)8-9-17-24(22,23)14-7-6-12-4-2-3-5-13(12)10-14/h6-7,10-11,17H,2-5,8-9H2,1H3,(H,18,19)(H,20,21). The van der Waals surface area contributed by atoms with Crippen LogP contribution in [0.4, 0.5) is 0 Å². The van der Waals surface area contributed by atoms with E-state index in [-0.39, 0.29) is 17.9 Å². The summed E-state index contributed by atoms with van der Waals surface area (Å²) in [5.41, 5.74) is 2.26. The van der Waals surface area contributed by atoms with Crippen LogP contribution in [0.2, 0.25) is 0 Å². The largest absolute Gasteiger partial charge is 0.480 e. The van der Waals surface area contributed by atoms with Gasteiger partial charge in [0, 0.05) is 13.0 Å². The Bertz CT molecular complexity index is 730. The summed E-state index contributed by atoms with van der Waals surface area (Å²) in [7, 11) is -3.68. The second-order valence-corrected chi connectivity index (χ2v) is 7.68. The van der Waals surface area contributed by atoms with Crippen molar-refractivity contribution >= 4 is 21.9 Å². The van der Waals surface area contributed by atoms with Gasteiger partial charge < -0.3 is 10.4 Å². The van der Waals surface area contributed by atoms with Crippen LogP contribution in [0.25, 0.3) is 0 Å². The van der Waals surface area contributed by atoms with Crippen molar-refractivity contribution in [2.45, 2.75) is 50.0 Å². The van der Waals surface area contributed by atoms with Crippen molar-refractivity contribution in [1.82, 2.24) is 10.0 Å². The quantitative estimate of drug-likeness (QED) is 0.671. The van der Waals surface area contributed by atoms with Gasteiger partial charge in [-0.3, -0.25) is 9.59 Å². The Kier molecular flexibility index (Phi) is 5.95. The van der Waals surface area contributed by atoms with Gasteiger partial charge in [0.15, 0.2) is 0 Å². The highest BCUT2D eigenvalue weighted by Crippen LogP contribution is 2.23. The number of carbonyl (C=O) groups is 2. The van der Waals surface area contributed by atoms with Crippen LogP contribution in [0.5, 0.6) is 0 Å². The van der Waals surface area contributed by atoms with Gasteiger partial charge in [0.05, 0.1) is 4.90 Å². The first-order valence-corrected chi connectivity index (χ1v) is 9.41. The minimum absolute atomic E-state index is 0.0857. The summed E-state index contributed by atoms with van der Waals surface area (Å²) in [4.78, 5) is 22.4. The summed E-state index contributed by atoms with van der Waals surface area (Å²) in [6, 6.07) is 4.13. The fraction of sp³-hybridized carbons (Fsp3) is 0.500. The second-order valence-electron chi connectivity index (χ2n) is 5.91. The van der Waals surface area contributed by atoms with Crippen molar-refractivity contribution in [3.63, 3.8) is 0 Å². The summed E-state index contributed by atoms with van der Waals surface area (Å²) in [5, 5.41) is 11.0. The lowest BCUT2D eigenvalue weighted by Crippen LogP contribution is -2.39. The molecular formula is C16H22N2O5S. The molecule has 0 aliphatic heterocycles. The Labute approximate surface area is 141 Å². The zero-order valence-electron chi connectivity index (χ0n) is 13.5. The highest BCUT2D eigenvalue weighted by atomic mass is 32.2. The molecule has 0 aromatic heterocycles. The number of aliphatic carboxylic acids is 1. The van der Waals surface area contributed by atoms with E-state index < -0.39 is 27.9 Å². The van der Waals surface area contributed by atoms with Gasteiger partial charge in [-0.15, -0.1) is 0 Å². The first-order chi connectivity index (χ1) is 11.3. The topological polar surface area (TPSA) is 113 Å². The Morgan fingerprint density at radius 2 is 1.88 bits per heavy atom. The number of sulfonamides is 1. The lowest BCUT2D eigenvalue weighted by Gasteiger charge is -2.16. The number of carboxylic acid groups (broad SMARTS) is 1. The first kappa shape index (κ1) is 18.4. The SMILES string of the molecule is CC(NC(=O)CCNS(=O)(=O)c1ccc2c(c1)CCCC2)C(=O)O. The fourth-order valence-corrected chi connectivity index (χ4v) is 3.72. The number of rotatable bonds is 7. The van der Waals surface area contributed by atoms with Crippen LogP contribution in [0.15, 0.2) is 23.1 Å². The molecule has 132 valence electrons. The average molecular weight is 354 g/mol. The normalized spacial score (nSPS) is 15.4. The predicted octanol–water partition coefficient (Wildman–Crippen LogP) is 0.823. The van der Waals surface area contributed by atoms with E-state index in [1.165, 1.54) is 12.5 Å². The summed E-state index contributed by atoms with van der Waals surface area (Å²) in [6.45, 7) is 1.26. The lowest BCUT2D eigenvalue weighted by molar-refractivity contribution is -0.141.